The Morgan fingerprint density at radius 3 is 3.00 bits per heavy atom. The standard InChI is InChI=1S/C22H18N4O4S/c23-12-18-17-8-10-26(22(28)30-14-15-4-1-2-9-24-15)13-19(17)31-21(18)25-20(27)7-6-16-5-3-11-29-16/h1-7,9,11H,8,10,13-14H2,(H,25,27)/b7-6+. The summed E-state index contributed by atoms with van der Waals surface area (Å²) in [6.07, 6.45) is 6.14. The van der Waals surface area contributed by atoms with E-state index in [9.17, 15) is 14.9 Å². The van der Waals surface area contributed by atoms with Crippen molar-refractivity contribution in [2.45, 2.75) is 19.6 Å². The van der Waals surface area contributed by atoms with Crippen molar-refractivity contribution in [3.05, 3.63) is 76.3 Å². The average molecular weight is 434 g/mol. The van der Waals surface area contributed by atoms with E-state index in [4.69, 9.17) is 9.15 Å². The van der Waals surface area contributed by atoms with Gasteiger partial charge < -0.3 is 19.4 Å². The highest BCUT2D eigenvalue weighted by atomic mass is 32.1. The van der Waals surface area contributed by atoms with Crippen LogP contribution in [0.1, 0.15) is 27.5 Å². The number of amides is 2. The lowest BCUT2D eigenvalue weighted by molar-refractivity contribution is -0.111. The zero-order chi connectivity index (χ0) is 21.6. The Balaban J connectivity index is 1.41. The zero-order valence-electron chi connectivity index (χ0n) is 16.4. The average Bonchev–Trinajstić information content (AvgIpc) is 3.43. The smallest absolute Gasteiger partial charge is 0.410 e. The molecule has 3 aromatic rings. The molecule has 0 aromatic carbocycles. The van der Waals surface area contributed by atoms with Crippen molar-refractivity contribution in [2.75, 3.05) is 11.9 Å². The Morgan fingerprint density at radius 2 is 2.26 bits per heavy atom. The topological polar surface area (TPSA) is 108 Å². The quantitative estimate of drug-likeness (QED) is 0.609. The van der Waals surface area contributed by atoms with Gasteiger partial charge in [-0.05, 0) is 42.3 Å². The molecule has 0 fully saturated rings. The van der Waals surface area contributed by atoms with Crippen LogP contribution in [0.2, 0.25) is 0 Å². The molecule has 2 amide bonds. The summed E-state index contributed by atoms with van der Waals surface area (Å²) in [4.78, 5) is 31.3. The second-order valence-corrected chi connectivity index (χ2v) is 7.81. The maximum Gasteiger partial charge on any atom is 0.410 e. The molecule has 0 radical (unpaired) electrons. The highest BCUT2D eigenvalue weighted by Gasteiger charge is 2.28. The van der Waals surface area contributed by atoms with Gasteiger partial charge in [-0.15, -0.1) is 11.3 Å². The third-order valence-electron chi connectivity index (χ3n) is 4.68. The van der Waals surface area contributed by atoms with E-state index in [0.29, 0.717) is 41.5 Å². The van der Waals surface area contributed by atoms with Crippen LogP contribution < -0.4 is 5.32 Å². The van der Waals surface area contributed by atoms with Gasteiger partial charge in [0, 0.05) is 23.7 Å². The van der Waals surface area contributed by atoms with Crippen LogP contribution in [-0.2, 0) is 29.1 Å². The first-order chi connectivity index (χ1) is 15.1. The van der Waals surface area contributed by atoms with Gasteiger partial charge in [-0.25, -0.2) is 4.79 Å². The number of nitriles is 1. The molecule has 9 heteroatoms. The Bertz CT molecular complexity index is 1150. The van der Waals surface area contributed by atoms with Crippen molar-refractivity contribution in [3.63, 3.8) is 0 Å². The summed E-state index contributed by atoms with van der Waals surface area (Å²) >= 11 is 1.30. The van der Waals surface area contributed by atoms with Crippen LogP contribution in [0.3, 0.4) is 0 Å². The Kier molecular flexibility index (Phi) is 6.10. The summed E-state index contributed by atoms with van der Waals surface area (Å²) in [5, 5.41) is 12.8. The van der Waals surface area contributed by atoms with Crippen LogP contribution in [0.5, 0.6) is 0 Å². The molecular weight excluding hydrogens is 416 g/mol. The fraction of sp³-hybridized carbons (Fsp3) is 0.182. The number of aromatic nitrogens is 1. The number of thiophene rings is 1. The molecule has 4 heterocycles. The number of rotatable bonds is 5. The lowest BCUT2D eigenvalue weighted by atomic mass is 10.0. The van der Waals surface area contributed by atoms with Gasteiger partial charge >= 0.3 is 6.09 Å². The summed E-state index contributed by atoms with van der Waals surface area (Å²) in [6, 6.07) is 11.1. The fourth-order valence-electron chi connectivity index (χ4n) is 3.17. The number of nitrogens with zero attached hydrogens (tertiary/aromatic N) is 3. The highest BCUT2D eigenvalue weighted by molar-refractivity contribution is 7.16. The number of carbonyl (C=O) groups excluding carboxylic acids is 2. The van der Waals surface area contributed by atoms with Crippen molar-refractivity contribution in [1.82, 2.24) is 9.88 Å². The predicted molar refractivity (Wildman–Crippen MR) is 114 cm³/mol. The number of carbonyl (C=O) groups is 2. The zero-order valence-corrected chi connectivity index (χ0v) is 17.2. The van der Waals surface area contributed by atoms with Crippen LogP contribution >= 0.6 is 11.3 Å². The molecule has 0 atom stereocenters. The van der Waals surface area contributed by atoms with Gasteiger partial charge in [-0.2, -0.15) is 5.26 Å². The summed E-state index contributed by atoms with van der Waals surface area (Å²) in [6.45, 7) is 0.860. The molecular formula is C22H18N4O4S. The normalized spacial score (nSPS) is 12.9. The van der Waals surface area contributed by atoms with E-state index in [1.807, 2.05) is 6.07 Å². The maximum atomic E-state index is 12.4. The molecule has 0 saturated heterocycles. The van der Waals surface area contributed by atoms with E-state index in [-0.39, 0.29) is 12.5 Å². The van der Waals surface area contributed by atoms with Gasteiger partial charge in [-0.1, -0.05) is 6.07 Å². The molecule has 31 heavy (non-hydrogen) atoms. The molecule has 4 rings (SSSR count). The van der Waals surface area contributed by atoms with Gasteiger partial charge in [0.05, 0.1) is 24.1 Å². The third kappa shape index (κ3) is 4.82. The molecule has 0 spiro atoms. The summed E-state index contributed by atoms with van der Waals surface area (Å²) in [5.41, 5.74) is 1.98. The van der Waals surface area contributed by atoms with Crippen LogP contribution in [0.25, 0.3) is 6.08 Å². The minimum Gasteiger partial charge on any atom is -0.465 e. The molecule has 1 aliphatic rings. The molecule has 0 aliphatic carbocycles. The monoisotopic (exact) mass is 434 g/mol. The summed E-state index contributed by atoms with van der Waals surface area (Å²) in [5.74, 6) is 0.194. The van der Waals surface area contributed by atoms with Crippen LogP contribution in [0.4, 0.5) is 9.80 Å². The van der Waals surface area contributed by atoms with Crippen LogP contribution in [0.15, 0.2) is 53.3 Å². The number of pyridine rings is 1. The predicted octanol–water partition coefficient (Wildman–Crippen LogP) is 3.95. The van der Waals surface area contributed by atoms with E-state index in [1.165, 1.54) is 23.7 Å². The Labute approximate surface area is 182 Å². The molecule has 8 nitrogen and oxygen atoms in total. The first-order valence-corrected chi connectivity index (χ1v) is 10.3. The lowest BCUT2D eigenvalue weighted by Crippen LogP contribution is -2.35. The molecule has 0 saturated carbocycles. The van der Waals surface area contributed by atoms with Crippen molar-refractivity contribution >= 4 is 34.4 Å². The first-order valence-electron chi connectivity index (χ1n) is 9.53. The number of fused-ring (bicyclic) bond motifs is 1. The third-order valence-corrected chi connectivity index (χ3v) is 5.81. The largest absolute Gasteiger partial charge is 0.465 e. The van der Waals surface area contributed by atoms with Crippen molar-refractivity contribution in [2.24, 2.45) is 0 Å². The van der Waals surface area contributed by atoms with Crippen molar-refractivity contribution in [1.29, 1.82) is 5.26 Å². The Morgan fingerprint density at radius 1 is 1.35 bits per heavy atom. The molecule has 1 aliphatic heterocycles. The Hall–Kier alpha value is -3.90. The maximum absolute atomic E-state index is 12.4. The van der Waals surface area contributed by atoms with Gasteiger partial charge in [0.25, 0.3) is 0 Å². The molecule has 0 unspecified atom stereocenters. The summed E-state index contributed by atoms with van der Waals surface area (Å²) in [7, 11) is 0. The van der Waals surface area contributed by atoms with Gasteiger partial charge in [0.2, 0.25) is 5.91 Å². The minimum absolute atomic E-state index is 0.0974. The number of hydrogen-bond donors (Lipinski definition) is 1. The van der Waals surface area contributed by atoms with Gasteiger partial charge in [0.15, 0.2) is 0 Å². The van der Waals surface area contributed by atoms with Gasteiger partial charge in [-0.3, -0.25) is 9.78 Å². The number of nitrogens with one attached hydrogen (secondary N) is 1. The van der Waals surface area contributed by atoms with Crippen molar-refractivity contribution < 1.29 is 18.7 Å². The minimum atomic E-state index is -0.435. The number of ether oxygens (including phenoxy) is 1. The second kappa shape index (κ2) is 9.28. The summed E-state index contributed by atoms with van der Waals surface area (Å²) < 4.78 is 10.5. The number of hydrogen-bond acceptors (Lipinski definition) is 7. The van der Waals surface area contributed by atoms with E-state index in [0.717, 1.165) is 10.4 Å². The lowest BCUT2D eigenvalue weighted by Gasteiger charge is -2.26. The van der Waals surface area contributed by atoms with Crippen molar-refractivity contribution in [3.8, 4) is 6.07 Å². The highest BCUT2D eigenvalue weighted by Crippen LogP contribution is 2.36. The molecule has 1 N–H and O–H groups in total. The van der Waals surface area contributed by atoms with E-state index in [2.05, 4.69) is 16.4 Å². The second-order valence-electron chi connectivity index (χ2n) is 6.70. The molecule has 0 bridgehead atoms. The molecule has 156 valence electrons. The van der Waals surface area contributed by atoms with Gasteiger partial charge in [0.1, 0.15) is 23.4 Å². The van der Waals surface area contributed by atoms with Crippen LogP contribution in [0, 0.1) is 11.3 Å². The number of furan rings is 1. The molecule has 3 aromatic heterocycles. The SMILES string of the molecule is N#Cc1c(NC(=O)/C=C/c2ccco2)sc2c1CCN(C(=O)OCc1ccccn1)C2. The first kappa shape index (κ1) is 20.4. The van der Waals surface area contributed by atoms with Crippen LogP contribution in [-0.4, -0.2) is 28.4 Å². The number of anilines is 1. The van der Waals surface area contributed by atoms with E-state index in [1.54, 1.807) is 41.4 Å². The van der Waals surface area contributed by atoms with E-state index < -0.39 is 6.09 Å². The van der Waals surface area contributed by atoms with E-state index >= 15 is 0 Å². The fourth-order valence-corrected chi connectivity index (χ4v) is 4.39.